The molecule has 0 aliphatic carbocycles. The Balaban J connectivity index is 2.26. The molecule has 2 aromatic carbocycles. The van der Waals surface area contributed by atoms with Crippen LogP contribution in [0.5, 0.6) is 0 Å². The van der Waals surface area contributed by atoms with Crippen molar-refractivity contribution in [3.05, 3.63) is 70.9 Å². The molecule has 0 fully saturated rings. The zero-order chi connectivity index (χ0) is 15.7. The molecule has 0 atom stereocenters. The van der Waals surface area contributed by atoms with Gasteiger partial charge in [0.05, 0.1) is 28.4 Å². The van der Waals surface area contributed by atoms with Crippen LogP contribution in [-0.4, -0.2) is 15.7 Å². The molecule has 1 N–H and O–H groups in total. The van der Waals surface area contributed by atoms with Gasteiger partial charge in [0.25, 0.3) is 0 Å². The molecular formula is C17H9N3O2. The number of carbonyl (C=O) groups excluding carboxylic acids is 1. The van der Waals surface area contributed by atoms with Crippen molar-refractivity contribution >= 4 is 16.7 Å². The quantitative estimate of drug-likeness (QED) is 0.579. The van der Waals surface area contributed by atoms with Crippen LogP contribution in [-0.2, 0) is 0 Å². The van der Waals surface area contributed by atoms with Crippen LogP contribution in [0.15, 0.2) is 48.7 Å². The minimum absolute atomic E-state index is 0.155. The van der Waals surface area contributed by atoms with Gasteiger partial charge in [0.15, 0.2) is 5.78 Å². The molecule has 5 nitrogen and oxygen atoms in total. The Labute approximate surface area is 125 Å². The topological polar surface area (TPSA) is 89.8 Å². The summed E-state index contributed by atoms with van der Waals surface area (Å²) in [6.45, 7) is 0. The minimum Gasteiger partial charge on any atom is -0.428 e. The van der Waals surface area contributed by atoms with Crippen molar-refractivity contribution in [3.63, 3.8) is 0 Å². The molecule has 0 amide bonds. The fourth-order valence-electron chi connectivity index (χ4n) is 2.37. The van der Waals surface area contributed by atoms with Gasteiger partial charge in [-0.25, -0.2) is 0 Å². The summed E-state index contributed by atoms with van der Waals surface area (Å²) < 4.78 is 0.799. The predicted molar refractivity (Wildman–Crippen MR) is 78.4 cm³/mol. The van der Waals surface area contributed by atoms with Crippen LogP contribution in [0.4, 0.5) is 0 Å². The van der Waals surface area contributed by atoms with E-state index in [0.29, 0.717) is 16.5 Å². The Bertz CT molecular complexity index is 973. The smallest absolute Gasteiger partial charge is 0.195 e. The van der Waals surface area contributed by atoms with Crippen LogP contribution in [0.2, 0.25) is 0 Å². The molecule has 3 aromatic rings. The number of nitriles is 2. The van der Waals surface area contributed by atoms with Crippen LogP contribution in [0.1, 0.15) is 27.0 Å². The molecule has 0 unspecified atom stereocenters. The second-order valence-electron chi connectivity index (χ2n) is 4.72. The summed E-state index contributed by atoms with van der Waals surface area (Å²) in [4.78, 5) is 12.6. The van der Waals surface area contributed by atoms with Gasteiger partial charge in [-0.2, -0.15) is 15.3 Å². The lowest BCUT2D eigenvalue weighted by Gasteiger charge is -2.00. The molecule has 0 saturated heterocycles. The lowest BCUT2D eigenvalue weighted by atomic mass is 10.00. The van der Waals surface area contributed by atoms with Gasteiger partial charge < -0.3 is 5.21 Å². The fourth-order valence-corrected chi connectivity index (χ4v) is 2.37. The van der Waals surface area contributed by atoms with E-state index < -0.39 is 0 Å². The van der Waals surface area contributed by atoms with Gasteiger partial charge in [-0.15, -0.1) is 0 Å². The van der Waals surface area contributed by atoms with Crippen LogP contribution >= 0.6 is 0 Å². The number of hydrogen-bond acceptors (Lipinski definition) is 4. The third-order valence-corrected chi connectivity index (χ3v) is 3.45. The molecule has 1 heterocycles. The molecule has 3 rings (SSSR count). The van der Waals surface area contributed by atoms with E-state index in [1.165, 1.54) is 18.3 Å². The molecule has 22 heavy (non-hydrogen) atoms. The van der Waals surface area contributed by atoms with Crippen molar-refractivity contribution in [2.75, 3.05) is 0 Å². The highest BCUT2D eigenvalue weighted by atomic mass is 16.5. The molecular weight excluding hydrogens is 278 g/mol. The van der Waals surface area contributed by atoms with Gasteiger partial charge in [-0.3, -0.25) is 4.79 Å². The zero-order valence-electron chi connectivity index (χ0n) is 11.3. The Morgan fingerprint density at radius 2 is 1.68 bits per heavy atom. The van der Waals surface area contributed by atoms with E-state index in [2.05, 4.69) is 0 Å². The van der Waals surface area contributed by atoms with Gasteiger partial charge in [0.2, 0.25) is 0 Å². The lowest BCUT2D eigenvalue weighted by molar-refractivity contribution is 0.103. The number of aromatic nitrogens is 1. The maximum absolute atomic E-state index is 12.6. The first-order valence-corrected chi connectivity index (χ1v) is 6.44. The van der Waals surface area contributed by atoms with E-state index in [-0.39, 0.29) is 22.5 Å². The molecule has 0 radical (unpaired) electrons. The molecule has 104 valence electrons. The minimum atomic E-state index is -0.257. The first-order valence-electron chi connectivity index (χ1n) is 6.44. The second kappa shape index (κ2) is 5.08. The largest absolute Gasteiger partial charge is 0.428 e. The Morgan fingerprint density at radius 1 is 1.05 bits per heavy atom. The number of rotatable bonds is 2. The Kier molecular flexibility index (Phi) is 3.10. The van der Waals surface area contributed by atoms with Crippen molar-refractivity contribution in [1.82, 2.24) is 4.73 Å². The van der Waals surface area contributed by atoms with E-state index in [1.807, 2.05) is 12.1 Å². The summed E-state index contributed by atoms with van der Waals surface area (Å²) in [6.07, 6.45) is 1.29. The van der Waals surface area contributed by atoms with E-state index in [9.17, 15) is 10.0 Å². The van der Waals surface area contributed by atoms with Crippen molar-refractivity contribution in [2.45, 2.75) is 0 Å². The van der Waals surface area contributed by atoms with E-state index in [0.717, 1.165) is 4.73 Å². The molecule has 5 heteroatoms. The molecule has 0 bridgehead atoms. The van der Waals surface area contributed by atoms with Crippen LogP contribution in [0.3, 0.4) is 0 Å². The van der Waals surface area contributed by atoms with Gasteiger partial charge in [-0.05, 0) is 12.1 Å². The van der Waals surface area contributed by atoms with E-state index in [4.69, 9.17) is 10.5 Å². The number of ketones is 1. The second-order valence-corrected chi connectivity index (χ2v) is 4.72. The molecule has 1 aromatic heterocycles. The van der Waals surface area contributed by atoms with Gasteiger partial charge in [0.1, 0.15) is 12.1 Å². The summed E-state index contributed by atoms with van der Waals surface area (Å²) in [5, 5.41) is 28.5. The van der Waals surface area contributed by atoms with Crippen LogP contribution in [0.25, 0.3) is 10.9 Å². The molecule has 0 aliphatic heterocycles. The first kappa shape index (κ1) is 13.4. The highest BCUT2D eigenvalue weighted by molar-refractivity contribution is 6.16. The summed E-state index contributed by atoms with van der Waals surface area (Å²) in [7, 11) is 0. The van der Waals surface area contributed by atoms with Gasteiger partial charge in [0, 0.05) is 10.9 Å². The fraction of sp³-hybridized carbons (Fsp3) is 0. The van der Waals surface area contributed by atoms with Crippen LogP contribution < -0.4 is 0 Å². The lowest BCUT2D eigenvalue weighted by Crippen LogP contribution is -2.00. The van der Waals surface area contributed by atoms with Crippen molar-refractivity contribution < 1.29 is 10.0 Å². The Hall–Kier alpha value is -3.57. The van der Waals surface area contributed by atoms with E-state index in [1.54, 1.807) is 30.3 Å². The van der Waals surface area contributed by atoms with Crippen molar-refractivity contribution in [1.29, 1.82) is 10.5 Å². The van der Waals surface area contributed by atoms with Crippen molar-refractivity contribution in [3.8, 4) is 12.1 Å². The third kappa shape index (κ3) is 1.98. The van der Waals surface area contributed by atoms with Crippen LogP contribution in [0, 0.1) is 22.7 Å². The first-order chi connectivity index (χ1) is 10.7. The van der Waals surface area contributed by atoms with Gasteiger partial charge >= 0.3 is 0 Å². The highest BCUT2D eigenvalue weighted by Gasteiger charge is 2.18. The third-order valence-electron chi connectivity index (χ3n) is 3.45. The maximum atomic E-state index is 12.6. The predicted octanol–water partition coefficient (Wildman–Crippen LogP) is 2.85. The summed E-state index contributed by atoms with van der Waals surface area (Å²) in [6, 6.07) is 15.3. The highest BCUT2D eigenvalue weighted by Crippen LogP contribution is 2.26. The monoisotopic (exact) mass is 287 g/mol. The normalized spacial score (nSPS) is 10.1. The van der Waals surface area contributed by atoms with E-state index >= 15 is 0 Å². The molecule has 0 saturated carbocycles. The number of fused-ring (bicyclic) bond motifs is 1. The number of carbonyl (C=O) groups is 1. The number of hydrogen-bond donors (Lipinski definition) is 1. The van der Waals surface area contributed by atoms with Gasteiger partial charge in [-0.1, -0.05) is 30.3 Å². The maximum Gasteiger partial charge on any atom is 0.195 e. The van der Waals surface area contributed by atoms with Crippen molar-refractivity contribution in [2.24, 2.45) is 0 Å². The summed E-state index contributed by atoms with van der Waals surface area (Å²) >= 11 is 0. The number of nitrogens with zero attached hydrogens (tertiary/aromatic N) is 3. The average Bonchev–Trinajstić information content (AvgIpc) is 2.89. The zero-order valence-corrected chi connectivity index (χ0v) is 11.3. The molecule has 0 spiro atoms. The standard InChI is InChI=1S/C17H9N3O2/c18-8-12-6-14-15(17(21)11-4-2-1-3-5-11)10-20(22)16(14)7-13(12)9-19/h1-7,10,22H. The average molecular weight is 287 g/mol. The Morgan fingerprint density at radius 3 is 2.32 bits per heavy atom. The summed E-state index contributed by atoms with van der Waals surface area (Å²) in [5.74, 6) is -0.257. The SMILES string of the molecule is N#Cc1cc2c(C(=O)c3ccccc3)cn(O)c2cc1C#N. The summed E-state index contributed by atoms with van der Waals surface area (Å²) in [5.41, 5.74) is 1.41. The molecule has 0 aliphatic rings. The number of benzene rings is 2.